The summed E-state index contributed by atoms with van der Waals surface area (Å²) >= 11 is 0. The zero-order chi connectivity index (χ0) is 27.2. The summed E-state index contributed by atoms with van der Waals surface area (Å²) in [7, 11) is 0. The molecule has 4 rings (SSSR count). The second-order valence-electron chi connectivity index (χ2n) is 10.1. The third kappa shape index (κ3) is 7.11. The number of ether oxygens (including phenoxy) is 3. The van der Waals surface area contributed by atoms with Crippen molar-refractivity contribution in [2.45, 2.75) is 99.8 Å². The maximum atomic E-state index is 12.3. The van der Waals surface area contributed by atoms with Crippen LogP contribution in [0.4, 0.5) is 16.2 Å². The van der Waals surface area contributed by atoms with E-state index in [2.05, 4.69) is 16.0 Å². The summed E-state index contributed by atoms with van der Waals surface area (Å²) in [5.41, 5.74) is 1.22. The number of carbonyl (C=O) groups excluding carboxylic acids is 1. The second-order valence-corrected chi connectivity index (χ2v) is 10.1. The van der Waals surface area contributed by atoms with Crippen LogP contribution in [-0.2, 0) is 14.2 Å². The first-order chi connectivity index (χ1) is 18.3. The van der Waals surface area contributed by atoms with Crippen LogP contribution in [0, 0.1) is 0 Å². The molecule has 0 aromatic heterocycles. The third-order valence-electron chi connectivity index (χ3n) is 7.29. The Hall–Kier alpha value is -2.07. The molecule has 38 heavy (non-hydrogen) atoms. The smallest absolute Gasteiger partial charge is 0.319 e. The molecular formula is C25H39N3O10. The summed E-state index contributed by atoms with van der Waals surface area (Å²) in [4.78, 5) is 12.3. The normalized spacial score (nSPS) is 36.4. The number of hydrogen-bond acceptors (Lipinski definition) is 11. The fraction of sp³-hybridized carbons (Fsp3) is 0.720. The monoisotopic (exact) mass is 541 g/mol. The molecule has 0 spiro atoms. The molecule has 0 bridgehead atoms. The van der Waals surface area contributed by atoms with Crippen molar-refractivity contribution >= 4 is 17.4 Å². The molecule has 9 N–H and O–H groups in total. The lowest BCUT2D eigenvalue weighted by Gasteiger charge is -2.44. The minimum Gasteiger partial charge on any atom is -0.394 e. The van der Waals surface area contributed by atoms with Gasteiger partial charge in [-0.1, -0.05) is 19.3 Å². The maximum absolute atomic E-state index is 12.3. The highest BCUT2D eigenvalue weighted by Gasteiger charge is 2.47. The van der Waals surface area contributed by atoms with Crippen molar-refractivity contribution < 1.29 is 49.6 Å². The van der Waals surface area contributed by atoms with Gasteiger partial charge in [0.25, 0.3) is 0 Å². The van der Waals surface area contributed by atoms with E-state index >= 15 is 0 Å². The molecule has 1 aromatic carbocycles. The number of anilines is 2. The highest BCUT2D eigenvalue weighted by Crippen LogP contribution is 2.29. The van der Waals surface area contributed by atoms with Gasteiger partial charge < -0.3 is 60.8 Å². The van der Waals surface area contributed by atoms with E-state index in [1.165, 1.54) is 6.42 Å². The Balaban J connectivity index is 1.29. The Kier molecular flexibility index (Phi) is 10.1. The largest absolute Gasteiger partial charge is 0.394 e. The Labute approximate surface area is 220 Å². The molecule has 3 fully saturated rings. The average Bonchev–Trinajstić information content (AvgIpc) is 2.92. The molecule has 2 amide bonds. The molecule has 3 aliphatic rings. The van der Waals surface area contributed by atoms with Crippen LogP contribution < -0.4 is 16.0 Å². The number of rotatable bonds is 8. The SMILES string of the molecule is O=C(Nc1ccc(N[C@@H]2OC(CO)[C@@H](OC3OC(CO)[C@H](O)C(O)[C@@H]3O)CC2O)cc1)NC1CCCCC1. The minimum atomic E-state index is -1.61. The molecule has 5 unspecified atom stereocenters. The van der Waals surface area contributed by atoms with Crippen molar-refractivity contribution in [3.63, 3.8) is 0 Å². The maximum Gasteiger partial charge on any atom is 0.319 e. The van der Waals surface area contributed by atoms with Crippen LogP contribution in [0.25, 0.3) is 0 Å². The van der Waals surface area contributed by atoms with Crippen LogP contribution >= 0.6 is 0 Å². The topological polar surface area (TPSA) is 202 Å². The molecule has 1 saturated carbocycles. The number of aliphatic hydroxyl groups excluding tert-OH is 6. The summed E-state index contributed by atoms with van der Waals surface area (Å²) in [6, 6.07) is 6.81. The summed E-state index contributed by atoms with van der Waals surface area (Å²) in [6.07, 6.45) is -5.68. The van der Waals surface area contributed by atoms with Crippen LogP contribution in [-0.4, -0.2) is 111 Å². The zero-order valence-electron chi connectivity index (χ0n) is 21.1. The summed E-state index contributed by atoms with van der Waals surface area (Å²) in [5.74, 6) is 0. The number of benzene rings is 1. The van der Waals surface area contributed by atoms with Crippen LogP contribution in [0.2, 0.25) is 0 Å². The summed E-state index contributed by atoms with van der Waals surface area (Å²) in [5, 5.41) is 68.9. The van der Waals surface area contributed by atoms with Crippen molar-refractivity contribution in [3.8, 4) is 0 Å². The average molecular weight is 542 g/mol. The van der Waals surface area contributed by atoms with Gasteiger partial charge in [-0.3, -0.25) is 0 Å². The highest BCUT2D eigenvalue weighted by atomic mass is 16.7. The number of aliphatic hydroxyl groups is 6. The first kappa shape index (κ1) is 28.9. The fourth-order valence-corrected chi connectivity index (χ4v) is 5.08. The van der Waals surface area contributed by atoms with Crippen LogP contribution in [0.5, 0.6) is 0 Å². The van der Waals surface area contributed by atoms with Gasteiger partial charge >= 0.3 is 6.03 Å². The molecular weight excluding hydrogens is 502 g/mol. The molecule has 214 valence electrons. The van der Waals surface area contributed by atoms with Gasteiger partial charge in [0.15, 0.2) is 12.5 Å². The van der Waals surface area contributed by atoms with Gasteiger partial charge in [0.1, 0.15) is 36.6 Å². The first-order valence-electron chi connectivity index (χ1n) is 13.1. The molecule has 2 aliphatic heterocycles. The van der Waals surface area contributed by atoms with Gasteiger partial charge in [-0.15, -0.1) is 0 Å². The van der Waals surface area contributed by atoms with Gasteiger partial charge in [0.2, 0.25) is 0 Å². The number of hydrogen-bond donors (Lipinski definition) is 9. The summed E-state index contributed by atoms with van der Waals surface area (Å²) in [6.45, 7) is -1.07. The Morgan fingerprint density at radius 1 is 0.868 bits per heavy atom. The molecule has 13 heteroatoms. The van der Waals surface area contributed by atoms with Gasteiger partial charge in [-0.25, -0.2) is 4.79 Å². The predicted molar refractivity (Wildman–Crippen MR) is 134 cm³/mol. The molecule has 1 aromatic rings. The van der Waals surface area contributed by atoms with Gasteiger partial charge in [-0.05, 0) is 37.1 Å². The van der Waals surface area contributed by atoms with Gasteiger partial charge in [-0.2, -0.15) is 0 Å². The van der Waals surface area contributed by atoms with Crippen LogP contribution in [0.15, 0.2) is 24.3 Å². The fourth-order valence-electron chi connectivity index (χ4n) is 5.08. The number of amides is 2. The quantitative estimate of drug-likeness (QED) is 0.199. The van der Waals surface area contributed by atoms with E-state index in [0.29, 0.717) is 11.4 Å². The van der Waals surface area contributed by atoms with E-state index in [4.69, 9.17) is 14.2 Å². The lowest BCUT2D eigenvalue weighted by molar-refractivity contribution is -0.328. The highest BCUT2D eigenvalue weighted by molar-refractivity contribution is 5.89. The van der Waals surface area contributed by atoms with Crippen molar-refractivity contribution in [1.29, 1.82) is 0 Å². The lowest BCUT2D eigenvalue weighted by Crippen LogP contribution is -2.61. The second kappa shape index (κ2) is 13.3. The van der Waals surface area contributed by atoms with E-state index in [-0.39, 0.29) is 18.5 Å². The molecule has 1 aliphatic carbocycles. The Morgan fingerprint density at radius 3 is 2.18 bits per heavy atom. The van der Waals surface area contributed by atoms with Crippen molar-refractivity contribution in [2.75, 3.05) is 23.8 Å². The molecule has 0 radical (unpaired) electrons. The molecule has 2 heterocycles. The number of carbonyl (C=O) groups is 1. The first-order valence-corrected chi connectivity index (χ1v) is 13.1. The van der Waals surface area contributed by atoms with E-state index in [0.717, 1.165) is 25.7 Å². The summed E-state index contributed by atoms with van der Waals surface area (Å²) < 4.78 is 16.9. The van der Waals surface area contributed by atoms with Crippen molar-refractivity contribution in [2.24, 2.45) is 0 Å². The standard InChI is InChI=1S/C25H39N3O10/c29-11-18-17(37-24-22(34)21(33)20(32)19(12-30)38-24)10-16(31)23(36-18)26-14-6-8-15(9-7-14)28-25(35)27-13-4-2-1-3-5-13/h6-9,13,16-24,26,29-34H,1-5,10-12H2,(H2,27,28,35)/t16?,17-,18?,19?,20-,21?,22-,23+,24?/m0/s1. The van der Waals surface area contributed by atoms with Crippen molar-refractivity contribution in [1.82, 2.24) is 5.32 Å². The Bertz CT molecular complexity index is 885. The lowest BCUT2D eigenvalue weighted by atomic mass is 9.96. The van der Waals surface area contributed by atoms with Gasteiger partial charge in [0.05, 0.1) is 19.3 Å². The molecule has 2 saturated heterocycles. The number of nitrogens with one attached hydrogen (secondary N) is 3. The zero-order valence-corrected chi connectivity index (χ0v) is 21.1. The van der Waals surface area contributed by atoms with Crippen LogP contribution in [0.3, 0.4) is 0 Å². The Morgan fingerprint density at radius 2 is 1.53 bits per heavy atom. The van der Waals surface area contributed by atoms with Crippen molar-refractivity contribution in [3.05, 3.63) is 24.3 Å². The minimum absolute atomic E-state index is 0.00110. The van der Waals surface area contributed by atoms with Gasteiger partial charge in [0, 0.05) is 23.8 Å². The van der Waals surface area contributed by atoms with E-state index in [1.807, 2.05) is 0 Å². The third-order valence-corrected chi connectivity index (χ3v) is 7.29. The van der Waals surface area contributed by atoms with E-state index in [1.54, 1.807) is 24.3 Å². The predicted octanol–water partition coefficient (Wildman–Crippen LogP) is -0.794. The van der Waals surface area contributed by atoms with E-state index in [9.17, 15) is 35.4 Å². The van der Waals surface area contributed by atoms with E-state index < -0.39 is 68.5 Å². The van der Waals surface area contributed by atoms with Crippen LogP contribution in [0.1, 0.15) is 38.5 Å². The number of urea groups is 1. The molecule has 9 atom stereocenters. The molecule has 13 nitrogen and oxygen atoms in total.